The molecular weight excluding hydrogens is 497 g/mol. The van der Waals surface area contributed by atoms with Gasteiger partial charge in [-0.05, 0) is 48.5 Å². The summed E-state index contributed by atoms with van der Waals surface area (Å²) in [7, 11) is -10.1. The van der Waals surface area contributed by atoms with E-state index in [1.807, 2.05) is 10.8 Å². The molecule has 0 aromatic heterocycles. The fourth-order valence-corrected chi connectivity index (χ4v) is 9.36. The zero-order valence-corrected chi connectivity index (χ0v) is 19.6. The second-order valence-electron chi connectivity index (χ2n) is 6.85. The van der Waals surface area contributed by atoms with Crippen LogP contribution in [0.5, 0.6) is 0 Å². The standard InChI is InChI=1S/C24H20S2.F6P/c1-5-13-21(14-6-1)25-26(22-15-7-2-8-16-22,23-17-9-3-10-18-23)24-19-11-4-12-20-24;1-7(2,3,4,5)6/h1-20H;/q+1;-1. The Hall–Kier alpha value is -2.41. The smallest absolute Gasteiger partial charge is 0.0622 e. The maximum atomic E-state index is 9.87. The topological polar surface area (TPSA) is 0 Å². The molecule has 4 aromatic rings. The molecule has 9 heteroatoms. The van der Waals surface area contributed by atoms with Gasteiger partial charge < -0.3 is 0 Å². The van der Waals surface area contributed by atoms with Gasteiger partial charge in [0.05, 0.1) is 15.7 Å². The third kappa shape index (κ3) is 8.14. The van der Waals surface area contributed by atoms with E-state index in [2.05, 4.69) is 121 Å². The van der Waals surface area contributed by atoms with E-state index >= 15 is 0 Å². The Balaban J connectivity index is 0.000000383. The molecule has 0 unspecified atom stereocenters. The molecule has 0 bridgehead atoms. The van der Waals surface area contributed by atoms with Crippen molar-refractivity contribution in [2.45, 2.75) is 19.6 Å². The van der Waals surface area contributed by atoms with E-state index < -0.39 is 16.9 Å². The largest absolute Gasteiger partial charge is 0.136 e. The summed E-state index contributed by atoms with van der Waals surface area (Å²) in [6.07, 6.45) is 0. The zero-order chi connectivity index (χ0) is 24.1. The van der Waals surface area contributed by atoms with E-state index in [0.717, 1.165) is 0 Å². The summed E-state index contributed by atoms with van der Waals surface area (Å²) < 4.78 is 59.2. The molecule has 0 atom stereocenters. The van der Waals surface area contributed by atoms with Crippen molar-refractivity contribution < 1.29 is 25.2 Å². The summed E-state index contributed by atoms with van der Waals surface area (Å²) in [5, 5.41) is 0. The number of hydrogen-bond acceptors (Lipinski definition) is 1. The SMILES string of the molecule is F[P-](F)(F)(F)(F)F.c1ccc(S[S+](c2ccccc2)(c2ccccc2)c2ccccc2)cc1. The van der Waals surface area contributed by atoms with Gasteiger partial charge in [-0.15, -0.1) is 0 Å². The van der Waals surface area contributed by atoms with E-state index in [4.69, 9.17) is 0 Å². The van der Waals surface area contributed by atoms with Crippen molar-refractivity contribution in [3.05, 3.63) is 121 Å². The summed E-state index contributed by atoms with van der Waals surface area (Å²) in [6.45, 7) is 0. The van der Waals surface area contributed by atoms with E-state index in [9.17, 15) is 25.2 Å². The van der Waals surface area contributed by atoms with Crippen molar-refractivity contribution in [3.8, 4) is 0 Å². The van der Waals surface area contributed by atoms with E-state index in [1.165, 1.54) is 19.6 Å². The Kier molecular flexibility index (Phi) is 6.94. The predicted octanol–water partition coefficient (Wildman–Crippen LogP) is 10.4. The fourth-order valence-electron chi connectivity index (χ4n) is 3.01. The molecule has 0 nitrogen and oxygen atoms in total. The van der Waals surface area contributed by atoms with Crippen molar-refractivity contribution in [3.63, 3.8) is 0 Å². The second-order valence-corrected chi connectivity index (χ2v) is 13.9. The van der Waals surface area contributed by atoms with Crippen LogP contribution in [0.2, 0.25) is 0 Å². The minimum atomic E-state index is -10.7. The summed E-state index contributed by atoms with van der Waals surface area (Å²) in [6, 6.07) is 43.5. The van der Waals surface area contributed by atoms with Crippen molar-refractivity contribution in [1.82, 2.24) is 0 Å². The maximum Gasteiger partial charge on any atom is 0.136 e. The molecule has 0 N–H and O–H groups in total. The van der Waals surface area contributed by atoms with Crippen LogP contribution in [0.25, 0.3) is 0 Å². The average molecular weight is 518 g/mol. The Morgan fingerprint density at radius 2 is 0.667 bits per heavy atom. The molecule has 4 rings (SSSR count). The van der Waals surface area contributed by atoms with Gasteiger partial charge in [-0.1, -0.05) is 72.8 Å². The number of hydrogen-bond donors (Lipinski definition) is 0. The van der Waals surface area contributed by atoms with E-state index in [1.54, 1.807) is 0 Å². The summed E-state index contributed by atoms with van der Waals surface area (Å²) >= 11 is 0. The first kappa shape index (κ1) is 25.2. The minimum absolute atomic E-state index is 1.29. The monoisotopic (exact) mass is 517 g/mol. The molecule has 0 fully saturated rings. The van der Waals surface area contributed by atoms with Gasteiger partial charge in [-0.3, -0.25) is 0 Å². The Bertz CT molecular complexity index is 1050. The number of rotatable bonds is 5. The summed E-state index contributed by atoms with van der Waals surface area (Å²) in [5.41, 5.74) is 0. The van der Waals surface area contributed by atoms with Crippen LogP contribution in [-0.2, 0) is 9.06 Å². The van der Waals surface area contributed by atoms with Gasteiger partial charge in [0.1, 0.15) is 14.7 Å². The Morgan fingerprint density at radius 1 is 0.424 bits per heavy atom. The predicted molar refractivity (Wildman–Crippen MR) is 127 cm³/mol. The zero-order valence-electron chi connectivity index (χ0n) is 17.1. The Labute approximate surface area is 193 Å². The van der Waals surface area contributed by atoms with Gasteiger partial charge in [0.15, 0.2) is 0 Å². The van der Waals surface area contributed by atoms with Crippen LogP contribution >= 0.6 is 18.6 Å². The molecule has 4 aromatic carbocycles. The van der Waals surface area contributed by atoms with Gasteiger partial charge in [-0.25, -0.2) is 0 Å². The van der Waals surface area contributed by atoms with Crippen LogP contribution in [0, 0.1) is 0 Å². The molecule has 0 aliphatic carbocycles. The maximum absolute atomic E-state index is 10.7. The molecule has 0 aliphatic rings. The molecule has 1 radical (unpaired) electrons. The van der Waals surface area contributed by atoms with Crippen LogP contribution in [0.1, 0.15) is 0 Å². The first-order chi connectivity index (χ1) is 15.3. The first-order valence-corrected chi connectivity index (χ1v) is 14.6. The van der Waals surface area contributed by atoms with Gasteiger partial charge in [0.25, 0.3) is 0 Å². The van der Waals surface area contributed by atoms with Crippen molar-refractivity contribution in [2.24, 2.45) is 0 Å². The molecule has 33 heavy (non-hydrogen) atoms. The second kappa shape index (κ2) is 9.09. The van der Waals surface area contributed by atoms with Crippen LogP contribution in [0.4, 0.5) is 25.2 Å². The molecule has 0 saturated carbocycles. The van der Waals surface area contributed by atoms with Gasteiger partial charge in [0, 0.05) is 9.06 Å². The van der Waals surface area contributed by atoms with E-state index in [-0.39, 0.29) is 0 Å². The molecule has 0 heterocycles. The Morgan fingerprint density at radius 3 is 0.939 bits per heavy atom. The molecule has 0 spiro atoms. The normalized spacial score (nSPS) is 13.8. The van der Waals surface area contributed by atoms with Gasteiger partial charge >= 0.3 is 33.0 Å². The number of halogens is 6. The van der Waals surface area contributed by atoms with Crippen molar-refractivity contribution in [1.29, 1.82) is 0 Å². The van der Waals surface area contributed by atoms with E-state index in [0.29, 0.717) is 0 Å². The molecule has 0 amide bonds. The third-order valence-corrected chi connectivity index (χ3v) is 10.8. The molecule has 0 aliphatic heterocycles. The molecule has 175 valence electrons. The van der Waals surface area contributed by atoms with Crippen LogP contribution in [0.3, 0.4) is 0 Å². The van der Waals surface area contributed by atoms with Crippen molar-refractivity contribution in [2.75, 3.05) is 0 Å². The summed E-state index contributed by atoms with van der Waals surface area (Å²) in [4.78, 5) is 5.39. The quantitative estimate of drug-likeness (QED) is 0.110. The van der Waals surface area contributed by atoms with Crippen LogP contribution < -0.4 is 0 Å². The van der Waals surface area contributed by atoms with Gasteiger partial charge in [-0.2, -0.15) is 0 Å². The van der Waals surface area contributed by atoms with Crippen molar-refractivity contribution >= 4 is 27.7 Å². The molecular formula is C24H20F6PS2. The fraction of sp³-hybridized carbons (Fsp3) is 0. The first-order valence-electron chi connectivity index (χ1n) is 9.64. The molecule has 0 saturated heterocycles. The van der Waals surface area contributed by atoms with Crippen LogP contribution in [-0.4, -0.2) is 0 Å². The number of benzene rings is 4. The average Bonchev–Trinajstić information content (AvgIpc) is 2.78. The van der Waals surface area contributed by atoms with Gasteiger partial charge in [0.2, 0.25) is 0 Å². The summed E-state index contributed by atoms with van der Waals surface area (Å²) in [5.74, 6) is 0. The van der Waals surface area contributed by atoms with Crippen LogP contribution in [0.15, 0.2) is 141 Å². The third-order valence-electron chi connectivity index (χ3n) is 4.19. The minimum Gasteiger partial charge on any atom is -0.0622 e.